The maximum Gasteiger partial charge on any atom is 0.107 e. The molecule has 3 heteroatoms. The van der Waals surface area contributed by atoms with Crippen molar-refractivity contribution in [2.75, 3.05) is 0 Å². The predicted octanol–water partition coefficient (Wildman–Crippen LogP) is 3.83. The Morgan fingerprint density at radius 2 is 1.78 bits per heavy atom. The van der Waals surface area contributed by atoms with Gasteiger partial charge < -0.3 is 5.32 Å². The molecule has 0 unspecified atom stereocenters. The minimum Gasteiger partial charge on any atom is -0.308 e. The third-order valence-corrected chi connectivity index (χ3v) is 5.44. The highest BCUT2D eigenvalue weighted by Gasteiger charge is 2.16. The van der Waals surface area contributed by atoms with Crippen molar-refractivity contribution in [2.45, 2.75) is 76.8 Å². The first-order valence-electron chi connectivity index (χ1n) is 7.62. The van der Waals surface area contributed by atoms with Gasteiger partial charge in [0.1, 0.15) is 5.01 Å². The Kier molecular flexibility index (Phi) is 4.32. The van der Waals surface area contributed by atoms with Crippen LogP contribution in [0.1, 0.15) is 66.9 Å². The molecule has 0 radical (unpaired) electrons. The molecule has 1 aromatic heterocycles. The number of fused-ring (bicyclic) bond motifs is 1. The molecule has 0 spiro atoms. The summed E-state index contributed by atoms with van der Waals surface area (Å²) in [5.41, 5.74) is 1.41. The molecule has 1 aromatic rings. The van der Waals surface area contributed by atoms with Crippen LogP contribution in [0.4, 0.5) is 0 Å². The predicted molar refractivity (Wildman–Crippen MR) is 77.1 cm³/mol. The van der Waals surface area contributed by atoms with E-state index < -0.39 is 0 Å². The molecule has 0 amide bonds. The third-order valence-electron chi connectivity index (χ3n) is 4.29. The Bertz CT molecular complexity index is 354. The van der Waals surface area contributed by atoms with Crippen LogP contribution in [0.2, 0.25) is 0 Å². The van der Waals surface area contributed by atoms with E-state index in [0.29, 0.717) is 0 Å². The van der Waals surface area contributed by atoms with Crippen molar-refractivity contribution >= 4 is 11.3 Å². The first-order chi connectivity index (χ1) is 8.92. The molecular formula is C15H24N2S. The number of aromatic nitrogens is 1. The zero-order valence-electron chi connectivity index (χ0n) is 11.2. The second kappa shape index (κ2) is 6.16. The summed E-state index contributed by atoms with van der Waals surface area (Å²) in [6.07, 6.45) is 13.6. The van der Waals surface area contributed by atoms with Gasteiger partial charge in [-0.15, -0.1) is 11.3 Å². The number of thiazole rings is 1. The molecule has 100 valence electrons. The van der Waals surface area contributed by atoms with E-state index in [1.165, 1.54) is 74.9 Å². The number of rotatable bonds is 3. The van der Waals surface area contributed by atoms with Crippen LogP contribution < -0.4 is 5.32 Å². The van der Waals surface area contributed by atoms with Gasteiger partial charge in [0.15, 0.2) is 0 Å². The number of hydrogen-bond donors (Lipinski definition) is 1. The lowest BCUT2D eigenvalue weighted by Gasteiger charge is -2.14. The Hall–Kier alpha value is -0.410. The molecule has 0 saturated heterocycles. The SMILES string of the molecule is C1CCCC(NCc2nc3c(s2)CCCC3)CC1. The van der Waals surface area contributed by atoms with E-state index in [-0.39, 0.29) is 0 Å². The van der Waals surface area contributed by atoms with Gasteiger partial charge in [-0.05, 0) is 38.5 Å². The van der Waals surface area contributed by atoms with Crippen LogP contribution >= 0.6 is 11.3 Å². The van der Waals surface area contributed by atoms with E-state index in [4.69, 9.17) is 4.98 Å². The van der Waals surface area contributed by atoms with Crippen LogP contribution in [0.25, 0.3) is 0 Å². The summed E-state index contributed by atoms with van der Waals surface area (Å²) in [6.45, 7) is 1.00. The van der Waals surface area contributed by atoms with Gasteiger partial charge in [-0.1, -0.05) is 25.7 Å². The van der Waals surface area contributed by atoms with Crippen molar-refractivity contribution in [3.8, 4) is 0 Å². The molecule has 1 fully saturated rings. The number of nitrogens with one attached hydrogen (secondary N) is 1. The number of hydrogen-bond acceptors (Lipinski definition) is 3. The second-order valence-corrected chi connectivity index (χ2v) is 6.92. The zero-order chi connectivity index (χ0) is 12.2. The average molecular weight is 264 g/mol. The second-order valence-electron chi connectivity index (χ2n) is 5.75. The smallest absolute Gasteiger partial charge is 0.107 e. The Morgan fingerprint density at radius 3 is 2.56 bits per heavy atom. The number of nitrogens with zero attached hydrogens (tertiary/aromatic N) is 1. The van der Waals surface area contributed by atoms with E-state index >= 15 is 0 Å². The van der Waals surface area contributed by atoms with Gasteiger partial charge in [0.05, 0.1) is 5.69 Å². The summed E-state index contributed by atoms with van der Waals surface area (Å²) in [5, 5.41) is 5.06. The normalized spacial score (nSPS) is 21.6. The summed E-state index contributed by atoms with van der Waals surface area (Å²) in [7, 11) is 0. The van der Waals surface area contributed by atoms with Crippen LogP contribution in [0.15, 0.2) is 0 Å². The van der Waals surface area contributed by atoms with E-state index in [1.54, 1.807) is 4.88 Å². The highest BCUT2D eigenvalue weighted by atomic mass is 32.1. The first kappa shape index (κ1) is 12.6. The van der Waals surface area contributed by atoms with E-state index in [9.17, 15) is 0 Å². The van der Waals surface area contributed by atoms with Crippen molar-refractivity contribution in [3.63, 3.8) is 0 Å². The van der Waals surface area contributed by atoms with Gasteiger partial charge >= 0.3 is 0 Å². The maximum absolute atomic E-state index is 4.81. The van der Waals surface area contributed by atoms with Crippen LogP contribution in [0.3, 0.4) is 0 Å². The molecule has 0 atom stereocenters. The molecule has 1 saturated carbocycles. The minimum atomic E-state index is 0.744. The molecule has 0 aliphatic heterocycles. The van der Waals surface area contributed by atoms with E-state index in [0.717, 1.165) is 12.6 Å². The van der Waals surface area contributed by atoms with E-state index in [2.05, 4.69) is 5.32 Å². The average Bonchev–Trinajstić information content (AvgIpc) is 2.63. The molecule has 3 rings (SSSR count). The standard InChI is InChI=1S/C15H24N2S/c1-2-4-8-12(7-3-1)16-11-15-17-13-9-5-6-10-14(13)18-15/h12,16H,1-11H2. The lowest BCUT2D eigenvalue weighted by atomic mass is 10.0. The number of aryl methyl sites for hydroxylation is 2. The molecule has 0 aromatic carbocycles. The molecule has 1 N–H and O–H groups in total. The first-order valence-corrected chi connectivity index (χ1v) is 8.44. The van der Waals surface area contributed by atoms with Gasteiger partial charge in [0.25, 0.3) is 0 Å². The van der Waals surface area contributed by atoms with Crippen LogP contribution in [-0.2, 0) is 19.4 Å². The van der Waals surface area contributed by atoms with Gasteiger partial charge in [-0.3, -0.25) is 0 Å². The Morgan fingerprint density at radius 1 is 1.00 bits per heavy atom. The van der Waals surface area contributed by atoms with Crippen LogP contribution in [0, 0.1) is 0 Å². The molecule has 1 heterocycles. The molecule has 2 aliphatic carbocycles. The molecule has 18 heavy (non-hydrogen) atoms. The van der Waals surface area contributed by atoms with Gasteiger partial charge in [0, 0.05) is 17.5 Å². The summed E-state index contributed by atoms with van der Waals surface area (Å²) in [6, 6.07) is 0.744. The zero-order valence-corrected chi connectivity index (χ0v) is 12.0. The highest BCUT2D eigenvalue weighted by Crippen LogP contribution is 2.27. The van der Waals surface area contributed by atoms with E-state index in [1.807, 2.05) is 11.3 Å². The summed E-state index contributed by atoms with van der Waals surface area (Å²) in [4.78, 5) is 6.38. The lowest BCUT2D eigenvalue weighted by molar-refractivity contribution is 0.458. The lowest BCUT2D eigenvalue weighted by Crippen LogP contribution is -2.27. The van der Waals surface area contributed by atoms with Crippen molar-refractivity contribution in [1.82, 2.24) is 10.3 Å². The Balaban J connectivity index is 1.54. The minimum absolute atomic E-state index is 0.744. The van der Waals surface area contributed by atoms with Gasteiger partial charge in [-0.2, -0.15) is 0 Å². The van der Waals surface area contributed by atoms with Gasteiger partial charge in [0.2, 0.25) is 0 Å². The fourth-order valence-electron chi connectivity index (χ4n) is 3.20. The maximum atomic E-state index is 4.81. The highest BCUT2D eigenvalue weighted by molar-refractivity contribution is 7.11. The van der Waals surface area contributed by atoms with Crippen LogP contribution in [0.5, 0.6) is 0 Å². The fourth-order valence-corrected chi connectivity index (χ4v) is 4.30. The quantitative estimate of drug-likeness (QED) is 0.839. The largest absolute Gasteiger partial charge is 0.308 e. The molecule has 2 nitrogen and oxygen atoms in total. The van der Waals surface area contributed by atoms with Crippen molar-refractivity contribution < 1.29 is 0 Å². The van der Waals surface area contributed by atoms with Crippen LogP contribution in [-0.4, -0.2) is 11.0 Å². The fraction of sp³-hybridized carbons (Fsp3) is 0.800. The summed E-state index contributed by atoms with van der Waals surface area (Å²) < 4.78 is 0. The Labute approximate surface area is 114 Å². The summed E-state index contributed by atoms with van der Waals surface area (Å²) in [5.74, 6) is 0. The monoisotopic (exact) mass is 264 g/mol. The third kappa shape index (κ3) is 3.12. The summed E-state index contributed by atoms with van der Waals surface area (Å²) >= 11 is 1.96. The molecule has 0 bridgehead atoms. The van der Waals surface area contributed by atoms with Crippen molar-refractivity contribution in [3.05, 3.63) is 15.6 Å². The van der Waals surface area contributed by atoms with Crippen molar-refractivity contribution in [1.29, 1.82) is 0 Å². The van der Waals surface area contributed by atoms with Crippen molar-refractivity contribution in [2.24, 2.45) is 0 Å². The van der Waals surface area contributed by atoms with Gasteiger partial charge in [-0.25, -0.2) is 4.98 Å². The molecular weight excluding hydrogens is 240 g/mol. The topological polar surface area (TPSA) is 24.9 Å². The molecule has 2 aliphatic rings.